The zero-order valence-corrected chi connectivity index (χ0v) is 12.7. The fourth-order valence-electron chi connectivity index (χ4n) is 2.13. The van der Waals surface area contributed by atoms with Crippen LogP contribution in [-0.4, -0.2) is 60.1 Å². The van der Waals surface area contributed by atoms with Crippen molar-refractivity contribution >= 4 is 17.2 Å². The van der Waals surface area contributed by atoms with E-state index >= 15 is 0 Å². The number of hydrogen-bond donors (Lipinski definition) is 1. The number of rotatable bonds is 2. The largest absolute Gasteiger partial charge is 0.395 e. The molecule has 108 valence electrons. The van der Waals surface area contributed by atoms with Crippen molar-refractivity contribution in [2.45, 2.75) is 19.4 Å². The van der Waals surface area contributed by atoms with E-state index in [-0.39, 0.29) is 12.5 Å². The van der Waals surface area contributed by atoms with Gasteiger partial charge in [-0.1, -0.05) is 11.8 Å². The van der Waals surface area contributed by atoms with E-state index in [2.05, 4.69) is 30.7 Å². The first-order valence-corrected chi connectivity index (χ1v) is 7.67. The lowest BCUT2D eigenvalue weighted by Crippen LogP contribution is -2.51. The quantitative estimate of drug-likeness (QED) is 0.835. The van der Waals surface area contributed by atoms with Crippen molar-refractivity contribution in [1.82, 2.24) is 9.80 Å². The van der Waals surface area contributed by atoms with E-state index in [9.17, 15) is 4.79 Å². The van der Waals surface area contributed by atoms with Gasteiger partial charge in [0.1, 0.15) is 0 Å². The maximum Gasteiger partial charge on any atom is 0.254 e. The Kier molecular flexibility index (Phi) is 5.18. The molecule has 0 spiro atoms. The highest BCUT2D eigenvalue weighted by Crippen LogP contribution is 2.17. The van der Waals surface area contributed by atoms with Crippen LogP contribution in [0.1, 0.15) is 28.6 Å². The van der Waals surface area contributed by atoms with E-state index in [0.29, 0.717) is 12.5 Å². The van der Waals surface area contributed by atoms with Gasteiger partial charge in [-0.3, -0.25) is 4.79 Å². The SMILES string of the molecule is CC1CN(C(=O)c2csc(C#CCCO)c2)CCN1C. The Hall–Kier alpha value is -1.35. The minimum atomic E-state index is 0.0728. The fourth-order valence-corrected chi connectivity index (χ4v) is 2.88. The molecule has 1 amide bonds. The van der Waals surface area contributed by atoms with Gasteiger partial charge in [0.05, 0.1) is 17.0 Å². The summed E-state index contributed by atoms with van der Waals surface area (Å²) in [7, 11) is 2.09. The van der Waals surface area contributed by atoms with Crippen LogP contribution >= 0.6 is 11.3 Å². The molecule has 1 aromatic heterocycles. The number of aliphatic hydroxyl groups excluding tert-OH is 1. The second kappa shape index (κ2) is 6.89. The summed E-state index contributed by atoms with van der Waals surface area (Å²) >= 11 is 1.48. The minimum Gasteiger partial charge on any atom is -0.395 e. The third-order valence-corrected chi connectivity index (χ3v) is 4.39. The van der Waals surface area contributed by atoms with Crippen LogP contribution in [0.25, 0.3) is 0 Å². The van der Waals surface area contributed by atoms with Crippen LogP contribution in [0.4, 0.5) is 0 Å². The molecule has 1 N–H and O–H groups in total. The van der Waals surface area contributed by atoms with Gasteiger partial charge < -0.3 is 14.9 Å². The molecule has 5 heteroatoms. The molecule has 0 bridgehead atoms. The van der Waals surface area contributed by atoms with E-state index < -0.39 is 0 Å². The first kappa shape index (κ1) is 15.0. The van der Waals surface area contributed by atoms with Crippen LogP contribution in [-0.2, 0) is 0 Å². The number of aliphatic hydroxyl groups is 1. The summed E-state index contributed by atoms with van der Waals surface area (Å²) < 4.78 is 0. The Morgan fingerprint density at radius 3 is 3.05 bits per heavy atom. The summed E-state index contributed by atoms with van der Waals surface area (Å²) in [4.78, 5) is 17.5. The molecule has 2 rings (SSSR count). The van der Waals surface area contributed by atoms with Crippen LogP contribution in [0, 0.1) is 11.8 Å². The molecule has 0 saturated carbocycles. The number of piperazine rings is 1. The summed E-state index contributed by atoms with van der Waals surface area (Å²) in [5, 5.41) is 10.6. The first-order chi connectivity index (χ1) is 9.61. The third kappa shape index (κ3) is 3.60. The lowest BCUT2D eigenvalue weighted by molar-refractivity contribution is 0.0573. The van der Waals surface area contributed by atoms with Crippen LogP contribution < -0.4 is 0 Å². The monoisotopic (exact) mass is 292 g/mol. The molecule has 0 aromatic carbocycles. The summed E-state index contributed by atoms with van der Waals surface area (Å²) in [6, 6.07) is 2.25. The fraction of sp³-hybridized carbons (Fsp3) is 0.533. The highest BCUT2D eigenvalue weighted by molar-refractivity contribution is 7.10. The maximum atomic E-state index is 12.4. The molecule has 1 fully saturated rings. The van der Waals surface area contributed by atoms with Gasteiger partial charge in [0.2, 0.25) is 0 Å². The number of hydrogen-bond acceptors (Lipinski definition) is 4. The molecule has 1 unspecified atom stereocenters. The van der Waals surface area contributed by atoms with Gasteiger partial charge in [-0.25, -0.2) is 0 Å². The van der Waals surface area contributed by atoms with Gasteiger partial charge in [0.25, 0.3) is 5.91 Å². The number of amides is 1. The molecule has 1 aliphatic heterocycles. The van der Waals surface area contributed by atoms with Crippen molar-refractivity contribution in [3.05, 3.63) is 21.9 Å². The van der Waals surface area contributed by atoms with E-state index in [1.165, 1.54) is 11.3 Å². The zero-order chi connectivity index (χ0) is 14.5. The molecule has 0 radical (unpaired) electrons. The Morgan fingerprint density at radius 1 is 1.55 bits per heavy atom. The van der Waals surface area contributed by atoms with Gasteiger partial charge in [-0.15, -0.1) is 11.3 Å². The molecule has 4 nitrogen and oxygen atoms in total. The van der Waals surface area contributed by atoms with Crippen molar-refractivity contribution in [2.75, 3.05) is 33.3 Å². The topological polar surface area (TPSA) is 43.8 Å². The molecule has 1 aliphatic rings. The minimum absolute atomic E-state index is 0.0728. The normalized spacial score (nSPS) is 19.6. The van der Waals surface area contributed by atoms with Gasteiger partial charge in [-0.2, -0.15) is 0 Å². The first-order valence-electron chi connectivity index (χ1n) is 6.79. The average Bonchev–Trinajstić information content (AvgIpc) is 2.90. The van der Waals surface area contributed by atoms with Crippen LogP contribution in [0.3, 0.4) is 0 Å². The number of likely N-dealkylation sites (N-methyl/N-ethyl adjacent to an activating group) is 1. The lowest BCUT2D eigenvalue weighted by atomic mass is 10.1. The van der Waals surface area contributed by atoms with Crippen molar-refractivity contribution in [3.63, 3.8) is 0 Å². The van der Waals surface area contributed by atoms with Crippen molar-refractivity contribution in [1.29, 1.82) is 0 Å². The Morgan fingerprint density at radius 2 is 2.35 bits per heavy atom. The summed E-state index contributed by atoms with van der Waals surface area (Å²) in [6.45, 7) is 4.68. The predicted octanol–water partition coefficient (Wildman–Crippen LogP) is 1.26. The molecule has 2 heterocycles. The Balaban J connectivity index is 2.01. The molecule has 1 atom stereocenters. The lowest BCUT2D eigenvalue weighted by Gasteiger charge is -2.37. The van der Waals surface area contributed by atoms with Gasteiger partial charge in [-0.05, 0) is 20.0 Å². The molecule has 0 aliphatic carbocycles. The number of thiophene rings is 1. The predicted molar refractivity (Wildman–Crippen MR) is 80.9 cm³/mol. The molecule has 20 heavy (non-hydrogen) atoms. The highest BCUT2D eigenvalue weighted by atomic mass is 32.1. The maximum absolute atomic E-state index is 12.4. The smallest absolute Gasteiger partial charge is 0.254 e. The number of nitrogens with zero attached hydrogens (tertiary/aromatic N) is 2. The average molecular weight is 292 g/mol. The summed E-state index contributed by atoms with van der Waals surface area (Å²) in [6.07, 6.45) is 0.469. The van der Waals surface area contributed by atoms with Crippen molar-refractivity contribution in [2.24, 2.45) is 0 Å². The Bertz CT molecular complexity index is 529. The molecule has 1 saturated heterocycles. The highest BCUT2D eigenvalue weighted by Gasteiger charge is 2.25. The molecule has 1 aromatic rings. The summed E-state index contributed by atoms with van der Waals surface area (Å²) in [5.74, 6) is 5.94. The summed E-state index contributed by atoms with van der Waals surface area (Å²) in [5.41, 5.74) is 0.722. The number of carbonyl (C=O) groups excluding carboxylic acids is 1. The second-order valence-corrected chi connectivity index (χ2v) is 5.97. The van der Waals surface area contributed by atoms with Crippen LogP contribution in [0.2, 0.25) is 0 Å². The van der Waals surface area contributed by atoms with E-state index in [1.54, 1.807) is 0 Å². The third-order valence-electron chi connectivity index (χ3n) is 3.54. The second-order valence-electron chi connectivity index (χ2n) is 5.06. The van der Waals surface area contributed by atoms with Crippen molar-refractivity contribution < 1.29 is 9.90 Å². The number of carbonyl (C=O) groups is 1. The van der Waals surface area contributed by atoms with Gasteiger partial charge >= 0.3 is 0 Å². The molecular formula is C15H20N2O2S. The van der Waals surface area contributed by atoms with Crippen LogP contribution in [0.15, 0.2) is 11.4 Å². The van der Waals surface area contributed by atoms with E-state index in [0.717, 1.165) is 30.1 Å². The van der Waals surface area contributed by atoms with Gasteiger partial charge in [0.15, 0.2) is 0 Å². The van der Waals surface area contributed by atoms with E-state index in [4.69, 9.17) is 5.11 Å². The van der Waals surface area contributed by atoms with Crippen LogP contribution in [0.5, 0.6) is 0 Å². The van der Waals surface area contributed by atoms with Gasteiger partial charge in [0, 0.05) is 37.5 Å². The zero-order valence-electron chi connectivity index (χ0n) is 11.9. The Labute approximate surface area is 124 Å². The van der Waals surface area contributed by atoms with E-state index in [1.807, 2.05) is 16.3 Å². The van der Waals surface area contributed by atoms with Crippen molar-refractivity contribution in [3.8, 4) is 11.8 Å². The standard InChI is InChI=1S/C15H20N2O2S/c1-12-10-17(7-6-16(12)2)15(19)13-9-14(20-11-13)5-3-4-8-18/h9,11-12,18H,4,6-8,10H2,1-2H3. The molecular weight excluding hydrogens is 272 g/mol.